The van der Waals surface area contributed by atoms with Crippen LogP contribution in [-0.4, -0.2) is 24.3 Å². The maximum Gasteiger partial charge on any atom is 0.150 e. The molecule has 0 bridgehead atoms. The van der Waals surface area contributed by atoms with Crippen LogP contribution in [0.5, 0.6) is 0 Å². The molecule has 2 nitrogen and oxygen atoms in total. The van der Waals surface area contributed by atoms with Gasteiger partial charge in [-0.15, -0.1) is 0 Å². The summed E-state index contributed by atoms with van der Waals surface area (Å²) in [5.74, 6) is 0. The van der Waals surface area contributed by atoms with E-state index in [-0.39, 0.29) is 0 Å². The number of hydrogen-bond acceptors (Lipinski definition) is 2. The van der Waals surface area contributed by atoms with Gasteiger partial charge in [0.05, 0.1) is 0 Å². The highest BCUT2D eigenvalue weighted by atomic mass is 35.5. The molecule has 0 saturated carbocycles. The van der Waals surface area contributed by atoms with Crippen LogP contribution in [0.15, 0.2) is 12.1 Å². The van der Waals surface area contributed by atoms with Crippen molar-refractivity contribution >= 4 is 29.5 Å². The number of hydrogen-bond donors (Lipinski definition) is 0. The fourth-order valence-corrected chi connectivity index (χ4v) is 2.63. The van der Waals surface area contributed by atoms with E-state index in [0.29, 0.717) is 15.6 Å². The molecule has 1 saturated heterocycles. The quantitative estimate of drug-likeness (QED) is 0.774. The van der Waals surface area contributed by atoms with Gasteiger partial charge >= 0.3 is 0 Å². The normalized spacial score (nSPS) is 16.6. The van der Waals surface area contributed by atoms with Crippen molar-refractivity contribution in [3.63, 3.8) is 0 Å². The second-order valence-electron chi connectivity index (χ2n) is 4.06. The van der Waals surface area contributed by atoms with Gasteiger partial charge in [0.1, 0.15) is 6.29 Å². The van der Waals surface area contributed by atoms with Crippen molar-refractivity contribution in [1.29, 1.82) is 0 Å². The Hall–Kier alpha value is -0.570. The third-order valence-corrected chi connectivity index (χ3v) is 3.55. The molecule has 1 aliphatic heterocycles. The smallest absolute Gasteiger partial charge is 0.150 e. The second-order valence-corrected chi connectivity index (χ2v) is 4.88. The van der Waals surface area contributed by atoms with Crippen LogP contribution in [0.2, 0.25) is 10.0 Å². The lowest BCUT2D eigenvalue weighted by Crippen LogP contribution is -2.18. The van der Waals surface area contributed by atoms with Crippen LogP contribution in [0, 0.1) is 0 Å². The summed E-state index contributed by atoms with van der Waals surface area (Å²) in [7, 11) is 0. The monoisotopic (exact) mass is 257 g/mol. The van der Waals surface area contributed by atoms with Crippen molar-refractivity contribution in [3.05, 3.63) is 33.3 Å². The molecule has 0 unspecified atom stereocenters. The molecule has 0 radical (unpaired) electrons. The Bertz CT molecular complexity index is 377. The van der Waals surface area contributed by atoms with Gasteiger partial charge in [0, 0.05) is 27.7 Å². The van der Waals surface area contributed by atoms with Gasteiger partial charge in [0.15, 0.2) is 0 Å². The summed E-state index contributed by atoms with van der Waals surface area (Å²) in [6, 6.07) is 3.34. The molecule has 1 heterocycles. The molecule has 0 atom stereocenters. The van der Waals surface area contributed by atoms with E-state index in [1.165, 1.54) is 12.8 Å². The minimum atomic E-state index is 0.528. The Kier molecular flexibility index (Phi) is 3.85. The fraction of sp³-hybridized carbons (Fsp3) is 0.417. The third-order valence-electron chi connectivity index (χ3n) is 2.88. The van der Waals surface area contributed by atoms with E-state index in [1.807, 2.05) is 0 Å². The van der Waals surface area contributed by atoms with Crippen molar-refractivity contribution in [2.45, 2.75) is 19.4 Å². The molecule has 1 aromatic rings. The van der Waals surface area contributed by atoms with Crippen molar-refractivity contribution < 1.29 is 4.79 Å². The average molecular weight is 258 g/mol. The van der Waals surface area contributed by atoms with E-state index in [9.17, 15) is 4.79 Å². The van der Waals surface area contributed by atoms with Crippen LogP contribution >= 0.6 is 23.2 Å². The third kappa shape index (κ3) is 2.57. The maximum absolute atomic E-state index is 10.6. The van der Waals surface area contributed by atoms with E-state index in [2.05, 4.69) is 4.90 Å². The summed E-state index contributed by atoms with van der Waals surface area (Å²) >= 11 is 12.2. The first-order chi connectivity index (χ1) is 7.70. The first kappa shape index (κ1) is 11.9. The number of rotatable bonds is 3. The predicted molar refractivity (Wildman–Crippen MR) is 66.4 cm³/mol. The van der Waals surface area contributed by atoms with Crippen LogP contribution in [0.1, 0.15) is 28.8 Å². The van der Waals surface area contributed by atoms with E-state index in [4.69, 9.17) is 23.2 Å². The fourth-order valence-electron chi connectivity index (χ4n) is 2.01. The topological polar surface area (TPSA) is 20.3 Å². The SMILES string of the molecule is O=Cc1cc(Cl)c(CN2CCCC2)c(Cl)c1. The number of carbonyl (C=O) groups is 1. The molecule has 0 spiro atoms. The van der Waals surface area contributed by atoms with Crippen molar-refractivity contribution in [1.82, 2.24) is 4.90 Å². The molecule has 1 aromatic carbocycles. The van der Waals surface area contributed by atoms with E-state index in [0.717, 1.165) is 31.5 Å². The number of benzene rings is 1. The number of aldehydes is 1. The first-order valence-corrected chi connectivity index (χ1v) is 6.12. The second kappa shape index (κ2) is 5.17. The Morgan fingerprint density at radius 2 is 1.75 bits per heavy atom. The lowest BCUT2D eigenvalue weighted by atomic mass is 10.1. The largest absolute Gasteiger partial charge is 0.299 e. The van der Waals surface area contributed by atoms with Crippen LogP contribution in [0.4, 0.5) is 0 Å². The summed E-state index contributed by atoms with van der Waals surface area (Å²) in [4.78, 5) is 13.0. The molecule has 1 aliphatic rings. The summed E-state index contributed by atoms with van der Waals surface area (Å²) in [6.07, 6.45) is 3.24. The molecular weight excluding hydrogens is 245 g/mol. The summed E-state index contributed by atoms with van der Waals surface area (Å²) < 4.78 is 0. The van der Waals surface area contributed by atoms with Gasteiger partial charge < -0.3 is 0 Å². The zero-order chi connectivity index (χ0) is 11.5. The van der Waals surface area contributed by atoms with E-state index >= 15 is 0 Å². The number of nitrogens with zero attached hydrogens (tertiary/aromatic N) is 1. The molecule has 1 fully saturated rings. The lowest BCUT2D eigenvalue weighted by molar-refractivity contribution is 0.112. The maximum atomic E-state index is 10.6. The predicted octanol–water partition coefficient (Wildman–Crippen LogP) is 3.40. The lowest BCUT2D eigenvalue weighted by Gasteiger charge is -2.16. The molecule has 2 rings (SSSR count). The molecule has 0 N–H and O–H groups in total. The van der Waals surface area contributed by atoms with Crippen LogP contribution in [0.25, 0.3) is 0 Å². The standard InChI is InChI=1S/C12H13Cl2NO/c13-11-5-9(8-16)6-12(14)10(11)7-15-3-1-2-4-15/h5-6,8H,1-4,7H2. The highest BCUT2D eigenvalue weighted by molar-refractivity contribution is 6.36. The summed E-state index contributed by atoms with van der Waals surface area (Å²) in [5, 5.41) is 1.17. The molecular formula is C12H13Cl2NO. The van der Waals surface area contributed by atoms with Crippen molar-refractivity contribution in [3.8, 4) is 0 Å². The Morgan fingerprint density at radius 1 is 1.19 bits per heavy atom. The van der Waals surface area contributed by atoms with Gasteiger partial charge in [-0.1, -0.05) is 23.2 Å². The van der Waals surface area contributed by atoms with Crippen LogP contribution in [0.3, 0.4) is 0 Å². The van der Waals surface area contributed by atoms with Gasteiger partial charge in [-0.3, -0.25) is 9.69 Å². The molecule has 4 heteroatoms. The first-order valence-electron chi connectivity index (χ1n) is 5.36. The highest BCUT2D eigenvalue weighted by Gasteiger charge is 2.16. The zero-order valence-electron chi connectivity index (χ0n) is 8.88. The van der Waals surface area contributed by atoms with Crippen molar-refractivity contribution in [2.75, 3.05) is 13.1 Å². The molecule has 0 aromatic heterocycles. The molecule has 16 heavy (non-hydrogen) atoms. The van der Waals surface area contributed by atoms with Crippen LogP contribution < -0.4 is 0 Å². The number of carbonyl (C=O) groups excluding carboxylic acids is 1. The van der Waals surface area contributed by atoms with Gasteiger partial charge in [0.2, 0.25) is 0 Å². The summed E-state index contributed by atoms with van der Waals surface area (Å²) in [6.45, 7) is 2.97. The van der Waals surface area contributed by atoms with Gasteiger partial charge in [0.25, 0.3) is 0 Å². The minimum absolute atomic E-state index is 0.528. The van der Waals surface area contributed by atoms with Gasteiger partial charge in [-0.25, -0.2) is 0 Å². The molecule has 0 aliphatic carbocycles. The Labute approximate surface area is 105 Å². The Balaban J connectivity index is 2.22. The van der Waals surface area contributed by atoms with E-state index < -0.39 is 0 Å². The average Bonchev–Trinajstić information content (AvgIpc) is 2.75. The Morgan fingerprint density at radius 3 is 2.25 bits per heavy atom. The molecule has 86 valence electrons. The van der Waals surface area contributed by atoms with Gasteiger partial charge in [-0.2, -0.15) is 0 Å². The van der Waals surface area contributed by atoms with E-state index in [1.54, 1.807) is 12.1 Å². The van der Waals surface area contributed by atoms with Crippen LogP contribution in [-0.2, 0) is 6.54 Å². The van der Waals surface area contributed by atoms with Gasteiger partial charge in [-0.05, 0) is 38.1 Å². The summed E-state index contributed by atoms with van der Waals surface area (Å²) in [5.41, 5.74) is 1.45. The highest BCUT2D eigenvalue weighted by Crippen LogP contribution is 2.28. The zero-order valence-corrected chi connectivity index (χ0v) is 10.4. The molecule has 0 amide bonds. The number of halogens is 2. The number of likely N-dealkylation sites (tertiary alicyclic amines) is 1. The minimum Gasteiger partial charge on any atom is -0.299 e. The van der Waals surface area contributed by atoms with Crippen molar-refractivity contribution in [2.24, 2.45) is 0 Å².